The van der Waals surface area contributed by atoms with Crippen LogP contribution < -0.4 is 10.1 Å². The Labute approximate surface area is 118 Å². The number of piperidine rings is 1. The molecule has 1 aromatic rings. The summed E-state index contributed by atoms with van der Waals surface area (Å²) < 4.78 is 5.13. The lowest BCUT2D eigenvalue weighted by molar-refractivity contribution is -0.137. The maximum Gasteiger partial charge on any atom is 0.239 e. The van der Waals surface area contributed by atoms with Crippen LogP contribution in [-0.2, 0) is 16.1 Å². The van der Waals surface area contributed by atoms with E-state index in [2.05, 4.69) is 5.32 Å². The molecule has 0 radical (unpaired) electrons. The highest BCUT2D eigenvalue weighted by Gasteiger charge is 2.20. The lowest BCUT2D eigenvalue weighted by atomic mass is 10.1. The van der Waals surface area contributed by atoms with E-state index in [9.17, 15) is 9.59 Å². The number of hydrogen-bond acceptors (Lipinski definition) is 3. The number of methoxy groups -OCH3 is 1. The number of nitrogens with zero attached hydrogens (tertiary/aromatic N) is 1. The lowest BCUT2D eigenvalue weighted by Crippen LogP contribution is -2.42. The molecule has 0 saturated carbocycles. The van der Waals surface area contributed by atoms with E-state index in [1.165, 1.54) is 0 Å². The van der Waals surface area contributed by atoms with Crippen molar-refractivity contribution in [1.29, 1.82) is 0 Å². The van der Waals surface area contributed by atoms with Crippen LogP contribution in [0.5, 0.6) is 5.75 Å². The van der Waals surface area contributed by atoms with E-state index in [0.717, 1.165) is 24.2 Å². The number of ether oxygens (including phenoxy) is 1. The first-order chi connectivity index (χ1) is 9.69. The number of amides is 2. The van der Waals surface area contributed by atoms with Crippen molar-refractivity contribution >= 4 is 11.8 Å². The molecule has 1 N–H and O–H groups in total. The molecule has 0 aliphatic carbocycles. The van der Waals surface area contributed by atoms with Crippen LogP contribution in [0.1, 0.15) is 24.8 Å². The summed E-state index contributed by atoms with van der Waals surface area (Å²) in [5.41, 5.74) is 0.975. The smallest absolute Gasteiger partial charge is 0.239 e. The molecular formula is C15H20N2O3. The van der Waals surface area contributed by atoms with E-state index in [1.807, 2.05) is 24.3 Å². The summed E-state index contributed by atoms with van der Waals surface area (Å²) in [5.74, 6) is 0.721. The minimum absolute atomic E-state index is 0.0766. The Morgan fingerprint density at radius 2 is 2.25 bits per heavy atom. The maximum absolute atomic E-state index is 11.8. The van der Waals surface area contributed by atoms with Gasteiger partial charge in [0.25, 0.3) is 0 Å². The average molecular weight is 276 g/mol. The Bertz CT molecular complexity index is 488. The Kier molecular flexibility index (Phi) is 4.98. The number of nitrogens with one attached hydrogen (secondary N) is 1. The van der Waals surface area contributed by atoms with Gasteiger partial charge in [-0.25, -0.2) is 0 Å². The van der Waals surface area contributed by atoms with Crippen LogP contribution in [0, 0.1) is 0 Å². The average Bonchev–Trinajstić information content (AvgIpc) is 2.48. The van der Waals surface area contributed by atoms with Crippen LogP contribution in [0.2, 0.25) is 0 Å². The minimum atomic E-state index is -0.122. The van der Waals surface area contributed by atoms with Gasteiger partial charge in [0.15, 0.2) is 0 Å². The predicted octanol–water partition coefficient (Wildman–Crippen LogP) is 1.32. The molecule has 20 heavy (non-hydrogen) atoms. The molecule has 0 unspecified atom stereocenters. The summed E-state index contributed by atoms with van der Waals surface area (Å²) >= 11 is 0. The second-order valence-electron chi connectivity index (χ2n) is 4.90. The van der Waals surface area contributed by atoms with Crippen LogP contribution in [0.25, 0.3) is 0 Å². The summed E-state index contributed by atoms with van der Waals surface area (Å²) in [6, 6.07) is 7.55. The molecule has 2 rings (SSSR count). The molecule has 0 bridgehead atoms. The van der Waals surface area contributed by atoms with Crippen molar-refractivity contribution < 1.29 is 14.3 Å². The molecule has 0 atom stereocenters. The highest BCUT2D eigenvalue weighted by atomic mass is 16.5. The van der Waals surface area contributed by atoms with Gasteiger partial charge in [-0.15, -0.1) is 0 Å². The van der Waals surface area contributed by atoms with Gasteiger partial charge < -0.3 is 15.0 Å². The molecule has 0 aromatic heterocycles. The molecule has 1 aliphatic rings. The Morgan fingerprint density at radius 3 is 3.00 bits per heavy atom. The lowest BCUT2D eigenvalue weighted by Gasteiger charge is -2.25. The van der Waals surface area contributed by atoms with Crippen LogP contribution in [0.4, 0.5) is 0 Å². The van der Waals surface area contributed by atoms with Crippen molar-refractivity contribution in [3.63, 3.8) is 0 Å². The zero-order chi connectivity index (χ0) is 14.4. The molecule has 1 saturated heterocycles. The topological polar surface area (TPSA) is 58.6 Å². The van der Waals surface area contributed by atoms with Gasteiger partial charge in [-0.05, 0) is 30.5 Å². The van der Waals surface area contributed by atoms with Gasteiger partial charge in [-0.2, -0.15) is 0 Å². The number of benzene rings is 1. The number of likely N-dealkylation sites (tertiary alicyclic amines) is 1. The third kappa shape index (κ3) is 3.98. The van der Waals surface area contributed by atoms with Gasteiger partial charge in [-0.3, -0.25) is 9.59 Å². The van der Waals surface area contributed by atoms with Crippen molar-refractivity contribution in [3.8, 4) is 5.75 Å². The van der Waals surface area contributed by atoms with Gasteiger partial charge in [0.1, 0.15) is 5.75 Å². The van der Waals surface area contributed by atoms with E-state index in [0.29, 0.717) is 19.5 Å². The summed E-state index contributed by atoms with van der Waals surface area (Å²) in [6.45, 7) is 1.28. The largest absolute Gasteiger partial charge is 0.497 e. The zero-order valence-electron chi connectivity index (χ0n) is 11.7. The number of carbonyl (C=O) groups is 2. The highest BCUT2D eigenvalue weighted by molar-refractivity contribution is 5.85. The second-order valence-corrected chi connectivity index (χ2v) is 4.90. The van der Waals surface area contributed by atoms with Crippen LogP contribution in [0.15, 0.2) is 24.3 Å². The van der Waals surface area contributed by atoms with E-state index in [4.69, 9.17) is 4.74 Å². The predicted molar refractivity (Wildman–Crippen MR) is 75.3 cm³/mol. The first-order valence-corrected chi connectivity index (χ1v) is 6.86. The Balaban J connectivity index is 1.81. The molecule has 1 heterocycles. The fourth-order valence-corrected chi connectivity index (χ4v) is 2.24. The standard InChI is InChI=1S/C15H20N2O3/c1-20-13-6-4-5-12(9-13)10-16-14(18)11-17-8-3-2-7-15(17)19/h4-6,9H,2-3,7-8,10-11H2,1H3,(H,16,18). The van der Waals surface area contributed by atoms with E-state index >= 15 is 0 Å². The van der Waals surface area contributed by atoms with Crippen molar-refractivity contribution in [3.05, 3.63) is 29.8 Å². The third-order valence-corrected chi connectivity index (χ3v) is 3.38. The monoisotopic (exact) mass is 276 g/mol. The highest BCUT2D eigenvalue weighted by Crippen LogP contribution is 2.12. The van der Waals surface area contributed by atoms with E-state index in [1.54, 1.807) is 12.0 Å². The van der Waals surface area contributed by atoms with E-state index < -0.39 is 0 Å². The molecular weight excluding hydrogens is 256 g/mol. The van der Waals surface area contributed by atoms with Crippen LogP contribution in [-0.4, -0.2) is 36.9 Å². The quantitative estimate of drug-likeness (QED) is 0.882. The van der Waals surface area contributed by atoms with Crippen molar-refractivity contribution in [2.24, 2.45) is 0 Å². The first-order valence-electron chi connectivity index (χ1n) is 6.86. The first kappa shape index (κ1) is 14.4. The Hall–Kier alpha value is -2.04. The molecule has 0 spiro atoms. The fraction of sp³-hybridized carbons (Fsp3) is 0.467. The molecule has 2 amide bonds. The molecule has 1 aliphatic heterocycles. The fourth-order valence-electron chi connectivity index (χ4n) is 2.24. The third-order valence-electron chi connectivity index (χ3n) is 3.38. The van der Waals surface area contributed by atoms with Crippen LogP contribution in [0.3, 0.4) is 0 Å². The zero-order valence-corrected chi connectivity index (χ0v) is 11.7. The molecule has 5 heteroatoms. The molecule has 1 fully saturated rings. The van der Waals surface area contributed by atoms with Gasteiger partial charge in [0, 0.05) is 19.5 Å². The second kappa shape index (κ2) is 6.93. The van der Waals surface area contributed by atoms with Gasteiger partial charge in [0.2, 0.25) is 11.8 Å². The van der Waals surface area contributed by atoms with E-state index in [-0.39, 0.29) is 18.4 Å². The summed E-state index contributed by atoms with van der Waals surface area (Å²) in [4.78, 5) is 25.1. The Morgan fingerprint density at radius 1 is 1.40 bits per heavy atom. The van der Waals surface area contributed by atoms with Crippen LogP contribution >= 0.6 is 0 Å². The number of rotatable bonds is 5. The van der Waals surface area contributed by atoms with Gasteiger partial charge in [0.05, 0.1) is 13.7 Å². The number of hydrogen-bond donors (Lipinski definition) is 1. The summed E-state index contributed by atoms with van der Waals surface area (Å²) in [6.07, 6.45) is 2.47. The minimum Gasteiger partial charge on any atom is -0.497 e. The van der Waals surface area contributed by atoms with Crippen molar-refractivity contribution in [2.75, 3.05) is 20.2 Å². The van der Waals surface area contributed by atoms with Crippen molar-refractivity contribution in [2.45, 2.75) is 25.8 Å². The molecule has 1 aromatic carbocycles. The molecule has 108 valence electrons. The number of carbonyl (C=O) groups excluding carboxylic acids is 2. The maximum atomic E-state index is 11.8. The van der Waals surface area contributed by atoms with Gasteiger partial charge in [-0.1, -0.05) is 12.1 Å². The van der Waals surface area contributed by atoms with Crippen molar-refractivity contribution in [1.82, 2.24) is 10.2 Å². The normalized spacial score (nSPS) is 15.1. The SMILES string of the molecule is COc1cccc(CNC(=O)CN2CCCCC2=O)c1. The summed E-state index contributed by atoms with van der Waals surface area (Å²) in [5, 5.41) is 2.83. The van der Waals surface area contributed by atoms with Gasteiger partial charge >= 0.3 is 0 Å². The molecule has 5 nitrogen and oxygen atoms in total. The summed E-state index contributed by atoms with van der Waals surface area (Å²) in [7, 11) is 1.61.